The fourth-order valence-corrected chi connectivity index (χ4v) is 5.28. The van der Waals surface area contributed by atoms with E-state index in [2.05, 4.69) is 49.9 Å². The summed E-state index contributed by atoms with van der Waals surface area (Å²) in [5.41, 5.74) is 3.35. The average Bonchev–Trinajstić information content (AvgIpc) is 2.43. The highest BCUT2D eigenvalue weighted by atomic mass is 32.2. The van der Waals surface area contributed by atoms with Crippen molar-refractivity contribution in [1.29, 1.82) is 0 Å². The first kappa shape index (κ1) is 9.77. The number of thioether (sulfide) groups is 1. The van der Waals surface area contributed by atoms with Gasteiger partial charge in [0.05, 0.1) is 4.75 Å². The minimum atomic E-state index is 0.267. The van der Waals surface area contributed by atoms with E-state index in [1.165, 1.54) is 25.7 Å². The Kier molecular flexibility index (Phi) is 1.98. The first-order valence-electron chi connectivity index (χ1n) is 5.94. The zero-order valence-corrected chi connectivity index (χ0v) is 10.4. The van der Waals surface area contributed by atoms with Crippen LogP contribution in [0.25, 0.3) is 0 Å². The molecule has 2 atom stereocenters. The van der Waals surface area contributed by atoms with Crippen molar-refractivity contribution in [2.75, 3.05) is 0 Å². The van der Waals surface area contributed by atoms with Crippen LogP contribution in [-0.2, 0) is 0 Å². The summed E-state index contributed by atoms with van der Waals surface area (Å²) < 4.78 is 0.699. The molecule has 0 amide bonds. The molecule has 1 aliphatic heterocycles. The second-order valence-electron chi connectivity index (χ2n) is 5.26. The van der Waals surface area contributed by atoms with Gasteiger partial charge in [0.2, 0.25) is 0 Å². The van der Waals surface area contributed by atoms with E-state index in [4.69, 9.17) is 0 Å². The predicted molar refractivity (Wildman–Crippen MR) is 68.2 cm³/mol. The van der Waals surface area contributed by atoms with Crippen LogP contribution in [0.3, 0.4) is 0 Å². The minimum Gasteiger partial charge on any atom is -0.135 e. The number of allylic oxidation sites excluding steroid dienone is 3. The largest absolute Gasteiger partial charge is 0.135 e. The lowest BCUT2D eigenvalue weighted by Crippen LogP contribution is -2.25. The van der Waals surface area contributed by atoms with Gasteiger partial charge in [-0.15, -0.1) is 11.8 Å². The number of rotatable bonds is 0. The molecule has 2 unspecified atom stereocenters. The smallest absolute Gasteiger partial charge is 0.0571 e. The highest BCUT2D eigenvalue weighted by molar-refractivity contribution is 8.02. The van der Waals surface area contributed by atoms with Crippen molar-refractivity contribution in [3.8, 4) is 0 Å². The Bertz CT molecular complexity index is 388. The molecule has 0 aromatic rings. The summed E-state index contributed by atoms with van der Waals surface area (Å²) >= 11 is 2.17. The minimum absolute atomic E-state index is 0.267. The highest BCUT2D eigenvalue weighted by Crippen LogP contribution is 2.60. The molecule has 1 saturated carbocycles. The van der Waals surface area contributed by atoms with Crippen LogP contribution < -0.4 is 0 Å². The van der Waals surface area contributed by atoms with E-state index in [1.54, 1.807) is 11.1 Å². The lowest BCUT2D eigenvalue weighted by atomic mass is 9.79. The van der Waals surface area contributed by atoms with Gasteiger partial charge >= 0.3 is 0 Å². The van der Waals surface area contributed by atoms with E-state index in [0.29, 0.717) is 4.75 Å². The molecule has 15 heavy (non-hydrogen) atoms. The molecule has 0 radical (unpaired) electrons. The van der Waals surface area contributed by atoms with E-state index in [9.17, 15) is 0 Å². The molecule has 1 fully saturated rings. The summed E-state index contributed by atoms with van der Waals surface area (Å²) in [6, 6.07) is 0. The van der Waals surface area contributed by atoms with Crippen LogP contribution >= 0.6 is 11.8 Å². The first-order chi connectivity index (χ1) is 7.14. The third kappa shape index (κ3) is 1.29. The quantitative estimate of drug-likeness (QED) is 0.586. The van der Waals surface area contributed by atoms with Crippen LogP contribution in [0, 0.1) is 0 Å². The Morgan fingerprint density at radius 2 is 2.07 bits per heavy atom. The van der Waals surface area contributed by atoms with Gasteiger partial charge in [0.1, 0.15) is 0 Å². The van der Waals surface area contributed by atoms with Gasteiger partial charge in [0.25, 0.3) is 0 Å². The molecule has 1 heteroatoms. The maximum Gasteiger partial charge on any atom is 0.0571 e. The molecule has 0 N–H and O–H groups in total. The van der Waals surface area contributed by atoms with Crippen molar-refractivity contribution in [3.05, 3.63) is 35.5 Å². The van der Waals surface area contributed by atoms with E-state index >= 15 is 0 Å². The van der Waals surface area contributed by atoms with Crippen molar-refractivity contribution < 1.29 is 0 Å². The number of fused-ring (bicyclic) bond motifs is 2. The number of hydrogen-bond acceptors (Lipinski definition) is 1. The van der Waals surface area contributed by atoms with Crippen molar-refractivity contribution in [2.24, 2.45) is 0 Å². The summed E-state index contributed by atoms with van der Waals surface area (Å²) in [6.45, 7) is 4.83. The van der Waals surface area contributed by atoms with E-state index in [1.807, 2.05) is 0 Å². The second kappa shape index (κ2) is 3.04. The molecule has 0 aromatic heterocycles. The molecule has 0 nitrogen and oxygen atoms in total. The molecule has 3 rings (SSSR count). The van der Waals surface area contributed by atoms with Crippen LogP contribution in [-0.4, -0.2) is 9.49 Å². The van der Waals surface area contributed by atoms with Gasteiger partial charge in [-0.2, -0.15) is 0 Å². The molecular formula is C14H18S. The first-order valence-corrected chi connectivity index (χ1v) is 6.76. The standard InChI is InChI=1S/C14H18S/c1-13-9-5-3-7-11(13)12-8-4-6-10-14(12,2)15-13/h3,5,7,9H,4,6,8,10H2,1-2H3. The fraction of sp³-hybridized carbons (Fsp3) is 0.571. The highest BCUT2D eigenvalue weighted by Gasteiger charge is 2.48. The van der Waals surface area contributed by atoms with E-state index in [-0.39, 0.29) is 4.75 Å². The molecule has 0 bridgehead atoms. The van der Waals surface area contributed by atoms with Gasteiger partial charge in [0.15, 0.2) is 0 Å². The van der Waals surface area contributed by atoms with Gasteiger partial charge in [-0.3, -0.25) is 0 Å². The molecule has 2 aliphatic carbocycles. The Morgan fingerprint density at radius 1 is 1.20 bits per heavy atom. The maximum atomic E-state index is 2.45. The summed E-state index contributed by atoms with van der Waals surface area (Å²) in [6.07, 6.45) is 14.6. The Balaban J connectivity index is 2.14. The van der Waals surface area contributed by atoms with Gasteiger partial charge in [-0.1, -0.05) is 30.7 Å². The summed E-state index contributed by atoms with van der Waals surface area (Å²) in [5, 5.41) is 0. The maximum absolute atomic E-state index is 2.45. The zero-order chi connectivity index (χ0) is 10.5. The Morgan fingerprint density at radius 3 is 2.93 bits per heavy atom. The Labute approximate surface area is 96.5 Å². The summed E-state index contributed by atoms with van der Waals surface area (Å²) in [7, 11) is 0. The predicted octanol–water partition coefficient (Wildman–Crippen LogP) is 4.25. The molecular weight excluding hydrogens is 200 g/mol. The number of hydrogen-bond donors (Lipinski definition) is 0. The van der Waals surface area contributed by atoms with E-state index < -0.39 is 0 Å². The van der Waals surface area contributed by atoms with Crippen molar-refractivity contribution in [2.45, 2.75) is 49.0 Å². The molecule has 0 aromatic carbocycles. The molecule has 0 saturated heterocycles. The van der Waals surface area contributed by atoms with Crippen LogP contribution in [0.15, 0.2) is 35.5 Å². The van der Waals surface area contributed by atoms with Crippen molar-refractivity contribution in [1.82, 2.24) is 0 Å². The van der Waals surface area contributed by atoms with Crippen LogP contribution in [0.2, 0.25) is 0 Å². The molecule has 1 heterocycles. The van der Waals surface area contributed by atoms with Crippen molar-refractivity contribution in [3.63, 3.8) is 0 Å². The SMILES string of the molecule is CC12C=CC=CC1=C1CCCCC1(C)S2. The lowest BCUT2D eigenvalue weighted by Gasteiger charge is -2.33. The third-order valence-electron chi connectivity index (χ3n) is 4.05. The zero-order valence-electron chi connectivity index (χ0n) is 9.55. The van der Waals surface area contributed by atoms with Crippen LogP contribution in [0.4, 0.5) is 0 Å². The van der Waals surface area contributed by atoms with E-state index in [0.717, 1.165) is 0 Å². The topological polar surface area (TPSA) is 0 Å². The fourth-order valence-electron chi connectivity index (χ4n) is 3.31. The van der Waals surface area contributed by atoms with Gasteiger partial charge in [-0.25, -0.2) is 0 Å². The molecule has 3 aliphatic rings. The van der Waals surface area contributed by atoms with Gasteiger partial charge < -0.3 is 0 Å². The summed E-state index contributed by atoms with van der Waals surface area (Å²) in [5.74, 6) is 0. The molecule has 0 spiro atoms. The summed E-state index contributed by atoms with van der Waals surface area (Å²) in [4.78, 5) is 0. The van der Waals surface area contributed by atoms with Gasteiger partial charge in [-0.05, 0) is 44.3 Å². The van der Waals surface area contributed by atoms with Crippen LogP contribution in [0.1, 0.15) is 39.5 Å². The van der Waals surface area contributed by atoms with Crippen LogP contribution in [0.5, 0.6) is 0 Å². The monoisotopic (exact) mass is 218 g/mol. The molecule has 80 valence electrons. The average molecular weight is 218 g/mol. The third-order valence-corrected chi connectivity index (χ3v) is 5.74. The Hall–Kier alpha value is -0.430. The van der Waals surface area contributed by atoms with Gasteiger partial charge in [0, 0.05) is 4.75 Å². The second-order valence-corrected chi connectivity index (χ2v) is 7.21. The normalized spacial score (nSPS) is 43.1. The van der Waals surface area contributed by atoms with Crippen molar-refractivity contribution >= 4 is 11.8 Å². The lowest BCUT2D eigenvalue weighted by molar-refractivity contribution is 0.521.